The van der Waals surface area contributed by atoms with Crippen molar-refractivity contribution in [2.24, 2.45) is 5.73 Å². The number of nitrogens with zero attached hydrogens (tertiary/aromatic N) is 2. The molecule has 1 aliphatic heterocycles. The Hall–Kier alpha value is -1.65. The van der Waals surface area contributed by atoms with Crippen LogP contribution in [-0.4, -0.2) is 29.5 Å². The summed E-state index contributed by atoms with van der Waals surface area (Å²) >= 11 is 0. The van der Waals surface area contributed by atoms with Crippen LogP contribution in [0.1, 0.15) is 50.3 Å². The summed E-state index contributed by atoms with van der Waals surface area (Å²) in [5.74, 6) is 2.16. The fraction of sp³-hybridized carbons (Fsp3) is 0.500. The number of hydrogen-bond acceptors (Lipinski definition) is 4. The standard InChI is InChI=1S/C18H25N3O/c1-13(2)17-16(14-7-4-3-5-8-14)20-18(22-17)15-9-6-11-21(15)12-10-19/h3-5,7-8,13,15H,6,9-12,19H2,1-2H3. The smallest absolute Gasteiger partial charge is 0.212 e. The maximum Gasteiger partial charge on any atom is 0.212 e. The summed E-state index contributed by atoms with van der Waals surface area (Å²) in [6.45, 7) is 6.98. The second-order valence-corrected chi connectivity index (χ2v) is 6.27. The molecule has 1 fully saturated rings. The highest BCUT2D eigenvalue weighted by molar-refractivity contribution is 5.61. The minimum absolute atomic E-state index is 0.276. The third kappa shape index (κ3) is 2.94. The second-order valence-electron chi connectivity index (χ2n) is 6.27. The van der Waals surface area contributed by atoms with Crippen LogP contribution in [-0.2, 0) is 0 Å². The number of nitrogens with two attached hydrogens (primary N) is 1. The molecule has 4 nitrogen and oxygen atoms in total. The van der Waals surface area contributed by atoms with Crippen LogP contribution >= 0.6 is 0 Å². The van der Waals surface area contributed by atoms with Gasteiger partial charge in [-0.2, -0.15) is 0 Å². The first-order chi connectivity index (χ1) is 10.7. The quantitative estimate of drug-likeness (QED) is 0.917. The Bertz CT molecular complexity index is 606. The van der Waals surface area contributed by atoms with Crippen LogP contribution in [0.4, 0.5) is 0 Å². The van der Waals surface area contributed by atoms with Gasteiger partial charge in [0.2, 0.25) is 5.89 Å². The van der Waals surface area contributed by atoms with Gasteiger partial charge in [0.25, 0.3) is 0 Å². The number of hydrogen-bond donors (Lipinski definition) is 1. The van der Waals surface area contributed by atoms with Gasteiger partial charge in [0.1, 0.15) is 11.5 Å². The van der Waals surface area contributed by atoms with Gasteiger partial charge < -0.3 is 10.2 Å². The van der Waals surface area contributed by atoms with E-state index in [-0.39, 0.29) is 6.04 Å². The van der Waals surface area contributed by atoms with Crippen molar-refractivity contribution < 1.29 is 4.42 Å². The Labute approximate surface area is 132 Å². The minimum Gasteiger partial charge on any atom is -0.443 e. The SMILES string of the molecule is CC(C)c1oc(C2CCCN2CCN)nc1-c1ccccc1. The van der Waals surface area contributed by atoms with Crippen molar-refractivity contribution in [2.75, 3.05) is 19.6 Å². The van der Waals surface area contributed by atoms with Crippen molar-refractivity contribution >= 4 is 0 Å². The fourth-order valence-corrected chi connectivity index (χ4v) is 3.23. The predicted molar refractivity (Wildman–Crippen MR) is 88.6 cm³/mol. The highest BCUT2D eigenvalue weighted by atomic mass is 16.4. The van der Waals surface area contributed by atoms with Gasteiger partial charge in [-0.05, 0) is 19.4 Å². The van der Waals surface area contributed by atoms with Crippen molar-refractivity contribution in [3.8, 4) is 11.3 Å². The van der Waals surface area contributed by atoms with E-state index in [9.17, 15) is 0 Å². The highest BCUT2D eigenvalue weighted by Crippen LogP contribution is 2.36. The molecule has 0 bridgehead atoms. The first kappa shape index (κ1) is 15.3. The van der Waals surface area contributed by atoms with Crippen molar-refractivity contribution in [3.05, 3.63) is 42.0 Å². The average molecular weight is 299 g/mol. The maximum absolute atomic E-state index is 6.20. The van der Waals surface area contributed by atoms with Gasteiger partial charge in [0, 0.05) is 24.6 Å². The van der Waals surface area contributed by atoms with E-state index >= 15 is 0 Å². The van der Waals surface area contributed by atoms with Gasteiger partial charge in [-0.3, -0.25) is 4.90 Å². The summed E-state index contributed by atoms with van der Waals surface area (Å²) < 4.78 is 6.20. The first-order valence-corrected chi connectivity index (χ1v) is 8.21. The van der Waals surface area contributed by atoms with Gasteiger partial charge in [-0.15, -0.1) is 0 Å². The van der Waals surface area contributed by atoms with Crippen molar-refractivity contribution in [3.63, 3.8) is 0 Å². The zero-order valence-corrected chi connectivity index (χ0v) is 13.5. The molecular weight excluding hydrogens is 274 g/mol. The minimum atomic E-state index is 0.276. The summed E-state index contributed by atoms with van der Waals surface area (Å²) in [6.07, 6.45) is 2.29. The monoisotopic (exact) mass is 299 g/mol. The number of likely N-dealkylation sites (tertiary alicyclic amines) is 1. The Morgan fingerprint density at radius 3 is 2.77 bits per heavy atom. The molecule has 1 aromatic carbocycles. The number of oxazole rings is 1. The van der Waals surface area contributed by atoms with Gasteiger partial charge in [-0.25, -0.2) is 4.98 Å². The van der Waals surface area contributed by atoms with Gasteiger partial charge in [0.15, 0.2) is 0 Å². The van der Waals surface area contributed by atoms with Gasteiger partial charge in [-0.1, -0.05) is 44.2 Å². The maximum atomic E-state index is 6.20. The molecule has 22 heavy (non-hydrogen) atoms. The molecule has 1 saturated heterocycles. The van der Waals surface area contributed by atoms with Crippen LogP contribution in [0.25, 0.3) is 11.3 Å². The molecule has 2 aromatic rings. The Kier molecular flexibility index (Phi) is 4.60. The third-order valence-corrected chi connectivity index (χ3v) is 4.31. The van der Waals surface area contributed by atoms with Crippen molar-refractivity contribution in [1.29, 1.82) is 0 Å². The van der Waals surface area contributed by atoms with Crippen LogP contribution < -0.4 is 5.73 Å². The van der Waals surface area contributed by atoms with E-state index in [2.05, 4.69) is 30.9 Å². The van der Waals surface area contributed by atoms with E-state index in [4.69, 9.17) is 15.1 Å². The van der Waals surface area contributed by atoms with Gasteiger partial charge in [0.05, 0.1) is 6.04 Å². The molecule has 4 heteroatoms. The molecule has 1 aliphatic rings. The van der Waals surface area contributed by atoms with E-state index in [0.717, 1.165) is 42.4 Å². The predicted octanol–water partition coefficient (Wildman–Crippen LogP) is 3.56. The lowest BCUT2D eigenvalue weighted by molar-refractivity contribution is 0.224. The summed E-state index contributed by atoms with van der Waals surface area (Å²) in [4.78, 5) is 7.26. The fourth-order valence-electron chi connectivity index (χ4n) is 3.23. The van der Waals surface area contributed by atoms with Crippen LogP contribution in [0.2, 0.25) is 0 Å². The molecule has 0 spiro atoms. The summed E-state index contributed by atoms with van der Waals surface area (Å²) in [5.41, 5.74) is 7.85. The molecule has 0 saturated carbocycles. The Morgan fingerprint density at radius 1 is 1.32 bits per heavy atom. The van der Waals surface area contributed by atoms with Crippen LogP contribution in [0.15, 0.2) is 34.7 Å². The molecule has 0 aliphatic carbocycles. The molecule has 3 rings (SSSR count). The zero-order chi connectivity index (χ0) is 15.5. The van der Waals surface area contributed by atoms with Gasteiger partial charge >= 0.3 is 0 Å². The van der Waals surface area contributed by atoms with Crippen LogP contribution in [0.5, 0.6) is 0 Å². The molecule has 2 heterocycles. The Balaban J connectivity index is 1.97. The lowest BCUT2D eigenvalue weighted by Crippen LogP contribution is -2.29. The second kappa shape index (κ2) is 6.63. The average Bonchev–Trinajstić information content (AvgIpc) is 3.14. The third-order valence-electron chi connectivity index (χ3n) is 4.31. The topological polar surface area (TPSA) is 55.3 Å². The van der Waals surface area contributed by atoms with Crippen molar-refractivity contribution in [1.82, 2.24) is 9.88 Å². The number of benzene rings is 1. The molecule has 0 radical (unpaired) electrons. The molecule has 0 amide bonds. The number of rotatable bonds is 5. The Morgan fingerprint density at radius 2 is 2.09 bits per heavy atom. The lowest BCUT2D eigenvalue weighted by Gasteiger charge is -2.20. The molecule has 1 aromatic heterocycles. The molecule has 2 N–H and O–H groups in total. The highest BCUT2D eigenvalue weighted by Gasteiger charge is 2.31. The van der Waals surface area contributed by atoms with E-state index in [1.807, 2.05) is 18.2 Å². The van der Waals surface area contributed by atoms with E-state index in [1.54, 1.807) is 0 Å². The van der Waals surface area contributed by atoms with Crippen LogP contribution in [0, 0.1) is 0 Å². The first-order valence-electron chi connectivity index (χ1n) is 8.21. The summed E-state index contributed by atoms with van der Waals surface area (Å²) in [5, 5.41) is 0. The zero-order valence-electron chi connectivity index (χ0n) is 13.5. The van der Waals surface area contributed by atoms with E-state index < -0.39 is 0 Å². The lowest BCUT2D eigenvalue weighted by atomic mass is 10.0. The summed E-state index contributed by atoms with van der Waals surface area (Å²) in [7, 11) is 0. The van der Waals surface area contributed by atoms with Crippen molar-refractivity contribution in [2.45, 2.75) is 38.6 Å². The van der Waals surface area contributed by atoms with E-state index in [0.29, 0.717) is 12.5 Å². The van der Waals surface area contributed by atoms with Crippen LogP contribution in [0.3, 0.4) is 0 Å². The molecule has 1 unspecified atom stereocenters. The summed E-state index contributed by atoms with van der Waals surface area (Å²) in [6, 6.07) is 10.6. The molecule has 1 atom stereocenters. The molecule has 118 valence electrons. The van der Waals surface area contributed by atoms with E-state index in [1.165, 1.54) is 6.42 Å². The molecular formula is C18H25N3O. The normalized spacial score (nSPS) is 19.2. The largest absolute Gasteiger partial charge is 0.443 e. The number of aromatic nitrogens is 1.